The molecule has 0 radical (unpaired) electrons. The van der Waals surface area contributed by atoms with Crippen LogP contribution in [-0.2, 0) is 4.79 Å². The Balaban J connectivity index is 4.35. The van der Waals surface area contributed by atoms with Crippen molar-refractivity contribution < 1.29 is 9.90 Å². The molecule has 108 valence electrons. The number of carbonyl (C=O) groups is 1. The number of aliphatic carboxylic acids is 1. The predicted octanol–water partition coefficient (Wildman–Crippen LogP) is 0.711. The van der Waals surface area contributed by atoms with Crippen LogP contribution in [0.15, 0.2) is 0 Å². The van der Waals surface area contributed by atoms with Crippen LogP contribution in [0.4, 0.5) is 0 Å². The second-order valence-corrected chi connectivity index (χ2v) is 5.32. The van der Waals surface area contributed by atoms with E-state index in [2.05, 4.69) is 22.0 Å². The van der Waals surface area contributed by atoms with E-state index in [1.54, 1.807) is 0 Å². The van der Waals surface area contributed by atoms with Crippen LogP contribution in [0.2, 0.25) is 0 Å². The van der Waals surface area contributed by atoms with Crippen LogP contribution in [0.25, 0.3) is 0 Å². The fraction of sp³-hybridized carbons (Fsp3) is 0.923. The molecule has 0 spiro atoms. The standard InChI is InChI=1S/C13H29N3O2/c1-6-7-16(9-8-15(4)5)10-12(13(17)18)14-11(2)3/h11-12,14H,6-10H2,1-5H3,(H,17,18). The van der Waals surface area contributed by atoms with Gasteiger partial charge in [-0.15, -0.1) is 0 Å². The van der Waals surface area contributed by atoms with Crippen molar-refractivity contribution in [2.45, 2.75) is 39.3 Å². The Morgan fingerprint density at radius 2 is 1.83 bits per heavy atom. The lowest BCUT2D eigenvalue weighted by atomic mass is 10.2. The highest BCUT2D eigenvalue weighted by Gasteiger charge is 2.21. The van der Waals surface area contributed by atoms with Gasteiger partial charge in [-0.25, -0.2) is 0 Å². The van der Waals surface area contributed by atoms with Crippen molar-refractivity contribution in [3.05, 3.63) is 0 Å². The fourth-order valence-corrected chi connectivity index (χ4v) is 1.81. The van der Waals surface area contributed by atoms with Gasteiger partial charge in [-0.2, -0.15) is 0 Å². The van der Waals surface area contributed by atoms with E-state index in [1.807, 2.05) is 27.9 Å². The number of nitrogens with zero attached hydrogens (tertiary/aromatic N) is 2. The van der Waals surface area contributed by atoms with Crippen LogP contribution in [-0.4, -0.2) is 73.2 Å². The molecular formula is C13H29N3O2. The molecule has 0 aromatic carbocycles. The third-order valence-electron chi connectivity index (χ3n) is 2.68. The summed E-state index contributed by atoms with van der Waals surface area (Å²) in [5.41, 5.74) is 0. The molecule has 2 N–H and O–H groups in total. The molecule has 0 aromatic heterocycles. The van der Waals surface area contributed by atoms with Crippen molar-refractivity contribution in [2.75, 3.05) is 40.3 Å². The lowest BCUT2D eigenvalue weighted by Gasteiger charge is -2.27. The van der Waals surface area contributed by atoms with E-state index in [9.17, 15) is 9.90 Å². The van der Waals surface area contributed by atoms with E-state index < -0.39 is 12.0 Å². The molecule has 0 saturated heterocycles. The van der Waals surface area contributed by atoms with Crippen molar-refractivity contribution >= 4 is 5.97 Å². The van der Waals surface area contributed by atoms with Crippen LogP contribution >= 0.6 is 0 Å². The Morgan fingerprint density at radius 1 is 1.22 bits per heavy atom. The number of hydrogen-bond donors (Lipinski definition) is 2. The third-order valence-corrected chi connectivity index (χ3v) is 2.68. The average Bonchev–Trinajstić information content (AvgIpc) is 2.24. The summed E-state index contributed by atoms with van der Waals surface area (Å²) < 4.78 is 0. The van der Waals surface area contributed by atoms with Gasteiger partial charge in [0.2, 0.25) is 0 Å². The van der Waals surface area contributed by atoms with Gasteiger partial charge in [0.05, 0.1) is 0 Å². The summed E-state index contributed by atoms with van der Waals surface area (Å²) in [4.78, 5) is 15.5. The normalized spacial score (nSPS) is 13.6. The minimum absolute atomic E-state index is 0.184. The molecule has 0 rings (SSSR count). The molecule has 1 unspecified atom stereocenters. The molecule has 0 saturated carbocycles. The first-order chi connectivity index (χ1) is 8.36. The van der Waals surface area contributed by atoms with Crippen molar-refractivity contribution in [3.8, 4) is 0 Å². The van der Waals surface area contributed by atoms with Gasteiger partial charge in [0.1, 0.15) is 6.04 Å². The Bertz CT molecular complexity index is 232. The van der Waals surface area contributed by atoms with Crippen molar-refractivity contribution in [1.82, 2.24) is 15.1 Å². The summed E-state index contributed by atoms with van der Waals surface area (Å²) >= 11 is 0. The molecule has 0 fully saturated rings. The molecule has 5 heteroatoms. The maximum Gasteiger partial charge on any atom is 0.322 e. The topological polar surface area (TPSA) is 55.8 Å². The summed E-state index contributed by atoms with van der Waals surface area (Å²) in [6, 6.07) is -0.304. The van der Waals surface area contributed by atoms with E-state index in [4.69, 9.17) is 0 Å². The van der Waals surface area contributed by atoms with Gasteiger partial charge < -0.3 is 15.3 Å². The molecule has 0 aromatic rings. The fourth-order valence-electron chi connectivity index (χ4n) is 1.81. The monoisotopic (exact) mass is 259 g/mol. The predicted molar refractivity (Wildman–Crippen MR) is 75.0 cm³/mol. The summed E-state index contributed by atoms with van der Waals surface area (Å²) in [5, 5.41) is 12.3. The number of hydrogen-bond acceptors (Lipinski definition) is 4. The molecule has 5 nitrogen and oxygen atoms in total. The van der Waals surface area contributed by atoms with E-state index in [1.165, 1.54) is 0 Å². The van der Waals surface area contributed by atoms with Gasteiger partial charge >= 0.3 is 5.97 Å². The molecule has 18 heavy (non-hydrogen) atoms. The van der Waals surface area contributed by atoms with Gasteiger partial charge in [0, 0.05) is 25.7 Å². The first kappa shape index (κ1) is 17.4. The molecule has 0 aliphatic heterocycles. The minimum atomic E-state index is -0.769. The lowest BCUT2D eigenvalue weighted by Crippen LogP contribution is -2.49. The SMILES string of the molecule is CCCN(CCN(C)C)CC(NC(C)C)C(=O)O. The maximum atomic E-state index is 11.2. The number of nitrogens with one attached hydrogen (secondary N) is 1. The minimum Gasteiger partial charge on any atom is -0.480 e. The Hall–Kier alpha value is -0.650. The Labute approximate surface area is 111 Å². The molecule has 0 bridgehead atoms. The number of likely N-dealkylation sites (N-methyl/N-ethyl adjacent to an activating group) is 1. The van der Waals surface area contributed by atoms with E-state index in [-0.39, 0.29) is 6.04 Å². The van der Waals surface area contributed by atoms with Gasteiger partial charge in [0.15, 0.2) is 0 Å². The van der Waals surface area contributed by atoms with Gasteiger partial charge in [-0.3, -0.25) is 9.69 Å². The van der Waals surface area contributed by atoms with Crippen LogP contribution in [0.3, 0.4) is 0 Å². The zero-order chi connectivity index (χ0) is 14.1. The largest absolute Gasteiger partial charge is 0.480 e. The molecular weight excluding hydrogens is 230 g/mol. The third kappa shape index (κ3) is 8.44. The Kier molecular flexibility index (Phi) is 8.97. The van der Waals surface area contributed by atoms with Crippen molar-refractivity contribution in [1.29, 1.82) is 0 Å². The van der Waals surface area contributed by atoms with Crippen LogP contribution in [0.5, 0.6) is 0 Å². The van der Waals surface area contributed by atoms with Crippen LogP contribution < -0.4 is 5.32 Å². The van der Waals surface area contributed by atoms with E-state index in [0.717, 1.165) is 26.1 Å². The number of carboxylic acids is 1. The highest BCUT2D eigenvalue weighted by Crippen LogP contribution is 1.98. The summed E-state index contributed by atoms with van der Waals surface area (Å²) in [6.45, 7) is 9.43. The van der Waals surface area contributed by atoms with Crippen molar-refractivity contribution in [3.63, 3.8) is 0 Å². The van der Waals surface area contributed by atoms with Gasteiger partial charge in [-0.1, -0.05) is 20.8 Å². The van der Waals surface area contributed by atoms with E-state index >= 15 is 0 Å². The van der Waals surface area contributed by atoms with E-state index in [0.29, 0.717) is 6.54 Å². The smallest absolute Gasteiger partial charge is 0.322 e. The quantitative estimate of drug-likeness (QED) is 0.605. The molecule has 0 aliphatic rings. The first-order valence-corrected chi connectivity index (χ1v) is 6.72. The molecule has 1 atom stereocenters. The summed E-state index contributed by atoms with van der Waals surface area (Å²) in [5.74, 6) is -0.769. The second-order valence-electron chi connectivity index (χ2n) is 5.32. The highest BCUT2D eigenvalue weighted by atomic mass is 16.4. The van der Waals surface area contributed by atoms with Crippen LogP contribution in [0.1, 0.15) is 27.2 Å². The first-order valence-electron chi connectivity index (χ1n) is 6.72. The van der Waals surface area contributed by atoms with Crippen molar-refractivity contribution in [2.24, 2.45) is 0 Å². The zero-order valence-electron chi connectivity index (χ0n) is 12.4. The molecule has 0 amide bonds. The maximum absolute atomic E-state index is 11.2. The Morgan fingerprint density at radius 3 is 2.22 bits per heavy atom. The zero-order valence-corrected chi connectivity index (χ0v) is 12.4. The average molecular weight is 259 g/mol. The number of rotatable bonds is 10. The summed E-state index contributed by atoms with van der Waals surface area (Å²) in [6.07, 6.45) is 1.04. The van der Waals surface area contributed by atoms with Gasteiger partial charge in [0.25, 0.3) is 0 Å². The lowest BCUT2D eigenvalue weighted by molar-refractivity contribution is -0.140. The molecule has 0 aliphatic carbocycles. The molecule has 0 heterocycles. The summed E-state index contributed by atoms with van der Waals surface area (Å²) in [7, 11) is 4.07. The van der Waals surface area contributed by atoms with Gasteiger partial charge in [-0.05, 0) is 27.1 Å². The number of carboxylic acid groups (broad SMARTS) is 1. The van der Waals surface area contributed by atoms with Crippen LogP contribution in [0, 0.1) is 0 Å². The highest BCUT2D eigenvalue weighted by molar-refractivity contribution is 5.73. The second kappa shape index (κ2) is 9.30.